The number of imidazole rings is 1. The van der Waals surface area contributed by atoms with Gasteiger partial charge < -0.3 is 4.57 Å². The van der Waals surface area contributed by atoms with Crippen molar-refractivity contribution in [3.63, 3.8) is 0 Å². The highest BCUT2D eigenvalue weighted by Gasteiger charge is 2.39. The van der Waals surface area contributed by atoms with E-state index in [0.29, 0.717) is 0 Å². The van der Waals surface area contributed by atoms with Crippen LogP contribution in [0.1, 0.15) is 31.9 Å². The lowest BCUT2D eigenvalue weighted by molar-refractivity contribution is 0.672. The van der Waals surface area contributed by atoms with E-state index in [2.05, 4.69) is 153 Å². The molecule has 7 aromatic carbocycles. The molecule has 2 nitrogen and oxygen atoms in total. The molecule has 0 fully saturated rings. The molecule has 1 aliphatic rings. The third kappa shape index (κ3) is 3.40. The predicted molar refractivity (Wildman–Crippen MR) is 186 cm³/mol. The molecule has 0 saturated heterocycles. The number of nitrogens with zero attached hydrogens (tertiary/aromatic N) is 2. The normalized spacial score (nSPS) is 13.6. The zero-order valence-corrected chi connectivity index (χ0v) is 25.2. The van der Waals surface area contributed by atoms with Crippen molar-refractivity contribution >= 4 is 43.4 Å². The molecule has 9 rings (SSSR count). The molecule has 0 N–H and O–H groups in total. The first-order valence-electron chi connectivity index (χ1n) is 15.6. The fraction of sp³-hybridized carbons (Fsp3) is 0.119. The minimum atomic E-state index is -0.123. The predicted octanol–water partition coefficient (Wildman–Crippen LogP) is 11.2. The summed E-state index contributed by atoms with van der Waals surface area (Å²) in [5.74, 6) is 1.02. The number of fused-ring (bicyclic) bond motifs is 11. The quantitative estimate of drug-likeness (QED) is 0.195. The van der Waals surface area contributed by atoms with Gasteiger partial charge in [0.15, 0.2) is 0 Å². The zero-order valence-electron chi connectivity index (χ0n) is 25.2. The Bertz CT molecular complexity index is 2440. The van der Waals surface area contributed by atoms with Crippen molar-refractivity contribution in [2.24, 2.45) is 0 Å². The SMILES string of the molecule is CCn1c(-c2ccc(-c3ccc4c5c(ccc4c3)-c3c(c4ccccc4c4ccccc34)C5(C)C)cc2)nc2ccccc21. The first-order valence-corrected chi connectivity index (χ1v) is 15.6. The third-order valence-electron chi connectivity index (χ3n) is 9.92. The van der Waals surface area contributed by atoms with Crippen molar-refractivity contribution < 1.29 is 0 Å². The van der Waals surface area contributed by atoms with E-state index in [1.54, 1.807) is 0 Å². The van der Waals surface area contributed by atoms with Gasteiger partial charge in [-0.25, -0.2) is 4.98 Å². The van der Waals surface area contributed by atoms with Gasteiger partial charge in [-0.2, -0.15) is 0 Å². The van der Waals surface area contributed by atoms with Crippen LogP contribution in [0.15, 0.2) is 127 Å². The summed E-state index contributed by atoms with van der Waals surface area (Å²) >= 11 is 0. The van der Waals surface area contributed by atoms with Gasteiger partial charge >= 0.3 is 0 Å². The fourth-order valence-corrected chi connectivity index (χ4v) is 8.01. The lowest BCUT2D eigenvalue weighted by Crippen LogP contribution is -2.16. The molecule has 0 aliphatic heterocycles. The molecule has 210 valence electrons. The fourth-order valence-electron chi connectivity index (χ4n) is 8.01. The first kappa shape index (κ1) is 25.3. The van der Waals surface area contributed by atoms with Crippen LogP contribution in [0.5, 0.6) is 0 Å². The van der Waals surface area contributed by atoms with E-state index in [1.807, 2.05) is 0 Å². The second-order valence-electron chi connectivity index (χ2n) is 12.6. The Morgan fingerprint density at radius 1 is 0.568 bits per heavy atom. The van der Waals surface area contributed by atoms with Gasteiger partial charge in [0.2, 0.25) is 0 Å². The van der Waals surface area contributed by atoms with Crippen LogP contribution in [0.3, 0.4) is 0 Å². The van der Waals surface area contributed by atoms with Gasteiger partial charge in [0.05, 0.1) is 11.0 Å². The van der Waals surface area contributed by atoms with Crippen LogP contribution >= 0.6 is 0 Å². The van der Waals surface area contributed by atoms with Gasteiger partial charge in [0.1, 0.15) is 5.82 Å². The summed E-state index contributed by atoms with van der Waals surface area (Å²) in [5.41, 5.74) is 11.4. The molecule has 0 unspecified atom stereocenters. The molecule has 1 aliphatic carbocycles. The first-order chi connectivity index (χ1) is 21.5. The summed E-state index contributed by atoms with van der Waals surface area (Å²) in [4.78, 5) is 4.96. The topological polar surface area (TPSA) is 17.8 Å². The van der Waals surface area contributed by atoms with Gasteiger partial charge in [-0.05, 0) is 90.8 Å². The van der Waals surface area contributed by atoms with Crippen molar-refractivity contribution in [3.05, 3.63) is 139 Å². The van der Waals surface area contributed by atoms with E-state index in [4.69, 9.17) is 4.98 Å². The Labute approximate surface area is 257 Å². The largest absolute Gasteiger partial charge is 0.324 e. The van der Waals surface area contributed by atoms with Crippen LogP contribution in [0, 0.1) is 0 Å². The molecule has 0 radical (unpaired) electrons. The maximum Gasteiger partial charge on any atom is 0.141 e. The van der Waals surface area contributed by atoms with Crippen LogP contribution in [-0.2, 0) is 12.0 Å². The van der Waals surface area contributed by atoms with Crippen molar-refractivity contribution in [2.45, 2.75) is 32.7 Å². The number of para-hydroxylation sites is 2. The lowest BCUT2D eigenvalue weighted by Gasteiger charge is -2.25. The third-order valence-corrected chi connectivity index (χ3v) is 9.92. The number of benzene rings is 7. The van der Waals surface area contributed by atoms with Crippen LogP contribution in [-0.4, -0.2) is 9.55 Å². The molecule has 8 aromatic rings. The molecular weight excluding hydrogens is 532 g/mol. The van der Waals surface area contributed by atoms with Gasteiger partial charge in [0, 0.05) is 17.5 Å². The Kier molecular flexibility index (Phi) is 5.26. The number of hydrogen-bond acceptors (Lipinski definition) is 1. The summed E-state index contributed by atoms with van der Waals surface area (Å²) in [6.45, 7) is 7.89. The molecule has 44 heavy (non-hydrogen) atoms. The Morgan fingerprint density at radius 3 is 1.98 bits per heavy atom. The monoisotopic (exact) mass is 564 g/mol. The molecule has 1 heterocycles. The van der Waals surface area contributed by atoms with Crippen LogP contribution in [0.4, 0.5) is 0 Å². The highest BCUT2D eigenvalue weighted by molar-refractivity contribution is 6.19. The molecule has 0 amide bonds. The maximum atomic E-state index is 4.96. The van der Waals surface area contributed by atoms with E-state index < -0.39 is 0 Å². The van der Waals surface area contributed by atoms with Gasteiger partial charge in [0.25, 0.3) is 0 Å². The van der Waals surface area contributed by atoms with Crippen LogP contribution < -0.4 is 0 Å². The second-order valence-corrected chi connectivity index (χ2v) is 12.6. The standard InChI is InChI=1S/C42H32N2/c1-4-44-37-16-10-9-15-36(37)43-41(44)27-19-17-26(18-20-27)28-21-23-30-29(25-28)22-24-35-38-33-13-7-5-11-31(33)32-12-6-8-14-34(32)40(38)42(2,3)39(30)35/h5-25H,4H2,1-3H3. The summed E-state index contributed by atoms with van der Waals surface area (Å²) in [6, 6.07) is 46.9. The summed E-state index contributed by atoms with van der Waals surface area (Å²) in [5, 5.41) is 8.01. The minimum absolute atomic E-state index is 0.123. The van der Waals surface area contributed by atoms with Gasteiger partial charge in [-0.3, -0.25) is 0 Å². The molecule has 0 bridgehead atoms. The van der Waals surface area contributed by atoms with E-state index in [-0.39, 0.29) is 5.41 Å². The van der Waals surface area contributed by atoms with Crippen molar-refractivity contribution in [3.8, 4) is 33.6 Å². The van der Waals surface area contributed by atoms with E-state index in [9.17, 15) is 0 Å². The van der Waals surface area contributed by atoms with Crippen molar-refractivity contribution in [2.75, 3.05) is 0 Å². The smallest absolute Gasteiger partial charge is 0.141 e. The van der Waals surface area contributed by atoms with E-state index in [1.165, 1.54) is 71.2 Å². The Morgan fingerprint density at radius 2 is 1.20 bits per heavy atom. The molecular formula is C42H32N2. The number of aryl methyl sites for hydroxylation is 1. The molecule has 0 atom stereocenters. The molecule has 0 spiro atoms. The molecule has 0 saturated carbocycles. The minimum Gasteiger partial charge on any atom is -0.324 e. The summed E-state index contributed by atoms with van der Waals surface area (Å²) in [6.07, 6.45) is 0. The summed E-state index contributed by atoms with van der Waals surface area (Å²) in [7, 11) is 0. The second kappa shape index (κ2) is 9.14. The Hall–Kier alpha value is -5.21. The zero-order chi connectivity index (χ0) is 29.6. The highest BCUT2D eigenvalue weighted by Crippen LogP contribution is 2.56. The van der Waals surface area contributed by atoms with Crippen LogP contribution in [0.25, 0.3) is 77.0 Å². The average Bonchev–Trinajstić information content (AvgIpc) is 3.57. The highest BCUT2D eigenvalue weighted by atomic mass is 15.1. The summed E-state index contributed by atoms with van der Waals surface area (Å²) < 4.78 is 2.30. The average molecular weight is 565 g/mol. The lowest BCUT2D eigenvalue weighted by atomic mass is 9.77. The van der Waals surface area contributed by atoms with Gasteiger partial charge in [-0.15, -0.1) is 0 Å². The number of hydrogen-bond donors (Lipinski definition) is 0. The number of aromatic nitrogens is 2. The molecule has 1 aromatic heterocycles. The Balaban J connectivity index is 1.17. The van der Waals surface area contributed by atoms with Crippen molar-refractivity contribution in [1.82, 2.24) is 9.55 Å². The van der Waals surface area contributed by atoms with E-state index >= 15 is 0 Å². The number of rotatable bonds is 3. The molecule has 2 heteroatoms. The van der Waals surface area contributed by atoms with E-state index in [0.717, 1.165) is 23.4 Å². The van der Waals surface area contributed by atoms with Crippen molar-refractivity contribution in [1.29, 1.82) is 0 Å². The van der Waals surface area contributed by atoms with Crippen LogP contribution in [0.2, 0.25) is 0 Å². The maximum absolute atomic E-state index is 4.96. The van der Waals surface area contributed by atoms with Gasteiger partial charge in [-0.1, -0.05) is 123 Å².